The Balaban J connectivity index is 3.07. The van der Waals surface area contributed by atoms with Gasteiger partial charge in [-0.2, -0.15) is 5.26 Å². The maximum absolute atomic E-state index is 10.7. The molecule has 74 valence electrons. The van der Waals surface area contributed by atoms with Crippen LogP contribution < -0.4 is 0 Å². The van der Waals surface area contributed by atoms with Gasteiger partial charge in [-0.25, -0.2) is 9.48 Å². The Morgan fingerprint density at radius 1 is 1.71 bits per heavy atom. The smallest absolute Gasteiger partial charge is 0.358 e. The first-order valence-corrected chi connectivity index (χ1v) is 4.23. The zero-order valence-corrected chi connectivity index (χ0v) is 7.77. The number of rotatable bonds is 4. The summed E-state index contributed by atoms with van der Waals surface area (Å²) in [6.07, 6.45) is 1.36. The molecule has 1 heterocycles. The van der Waals surface area contributed by atoms with E-state index in [4.69, 9.17) is 10.4 Å². The summed E-state index contributed by atoms with van der Waals surface area (Å²) in [5.41, 5.74) is 0.462. The lowest BCUT2D eigenvalue weighted by atomic mass is 10.2. The summed E-state index contributed by atoms with van der Waals surface area (Å²) in [5, 5.41) is 24.4. The maximum Gasteiger partial charge on any atom is 0.358 e. The third kappa shape index (κ3) is 1.88. The highest BCUT2D eigenvalue weighted by atomic mass is 16.4. The first-order valence-electron chi connectivity index (χ1n) is 4.23. The zero-order valence-electron chi connectivity index (χ0n) is 7.77. The number of aromatic nitrogens is 3. The van der Waals surface area contributed by atoms with E-state index in [9.17, 15) is 4.79 Å². The number of carboxylic acid groups (broad SMARTS) is 1. The number of carboxylic acids is 1. The molecule has 6 nitrogen and oxygen atoms in total. The first kappa shape index (κ1) is 10.2. The van der Waals surface area contributed by atoms with Crippen molar-refractivity contribution in [1.82, 2.24) is 15.0 Å². The second kappa shape index (κ2) is 4.37. The van der Waals surface area contributed by atoms with Crippen LogP contribution in [0.4, 0.5) is 0 Å². The Hall–Kier alpha value is -1.90. The molecule has 1 N–H and O–H groups in total. The van der Waals surface area contributed by atoms with Gasteiger partial charge in [-0.3, -0.25) is 0 Å². The van der Waals surface area contributed by atoms with Crippen LogP contribution in [-0.4, -0.2) is 26.1 Å². The van der Waals surface area contributed by atoms with E-state index < -0.39 is 5.97 Å². The Kier molecular flexibility index (Phi) is 3.18. The van der Waals surface area contributed by atoms with Gasteiger partial charge in [0.2, 0.25) is 0 Å². The monoisotopic (exact) mass is 194 g/mol. The van der Waals surface area contributed by atoms with Gasteiger partial charge < -0.3 is 5.11 Å². The highest BCUT2D eigenvalue weighted by Crippen LogP contribution is 2.08. The average molecular weight is 194 g/mol. The lowest BCUT2D eigenvalue weighted by Gasteiger charge is -2.00. The van der Waals surface area contributed by atoms with Crippen LogP contribution in [-0.2, 0) is 13.0 Å². The first-order chi connectivity index (χ1) is 6.70. The van der Waals surface area contributed by atoms with Crippen LogP contribution in [0.5, 0.6) is 0 Å². The largest absolute Gasteiger partial charge is 0.476 e. The number of carbonyl (C=O) groups is 1. The molecule has 0 atom stereocenters. The number of hydrogen-bond donors (Lipinski definition) is 1. The van der Waals surface area contributed by atoms with Crippen LogP contribution in [0.25, 0.3) is 0 Å². The molecule has 6 heteroatoms. The summed E-state index contributed by atoms with van der Waals surface area (Å²) in [5.74, 6) is -1.10. The van der Waals surface area contributed by atoms with Crippen LogP contribution in [0.1, 0.15) is 29.5 Å². The molecular formula is C8H10N4O2. The second-order valence-electron chi connectivity index (χ2n) is 2.76. The molecule has 0 saturated heterocycles. The molecule has 0 aromatic carbocycles. The molecule has 0 radical (unpaired) electrons. The molecule has 0 aliphatic carbocycles. The average Bonchev–Trinajstić information content (AvgIpc) is 2.50. The standard InChI is InChI=1S/C8H10N4O2/c1-2-3-6-7(8(13)14)10-11-12(6)5-4-9/h2-3,5H2,1H3,(H,13,14). The molecule has 0 amide bonds. The highest BCUT2D eigenvalue weighted by Gasteiger charge is 2.17. The van der Waals surface area contributed by atoms with Crippen molar-refractivity contribution in [2.24, 2.45) is 0 Å². The summed E-state index contributed by atoms with van der Waals surface area (Å²) >= 11 is 0. The van der Waals surface area contributed by atoms with Crippen molar-refractivity contribution in [2.75, 3.05) is 0 Å². The van der Waals surface area contributed by atoms with E-state index in [0.29, 0.717) is 12.1 Å². The molecule has 0 fully saturated rings. The molecule has 1 aromatic heterocycles. The Morgan fingerprint density at radius 2 is 2.43 bits per heavy atom. The minimum Gasteiger partial charge on any atom is -0.476 e. The predicted octanol–water partition coefficient (Wildman–Crippen LogP) is 0.452. The molecule has 0 unspecified atom stereocenters. The van der Waals surface area contributed by atoms with E-state index in [1.54, 1.807) is 0 Å². The molecule has 1 aromatic rings. The molecule has 0 spiro atoms. The van der Waals surface area contributed by atoms with Gasteiger partial charge >= 0.3 is 5.97 Å². The number of nitrogens with zero attached hydrogens (tertiary/aromatic N) is 4. The number of nitriles is 1. The van der Waals surface area contributed by atoms with Crippen molar-refractivity contribution in [3.63, 3.8) is 0 Å². The van der Waals surface area contributed by atoms with Crippen LogP contribution >= 0.6 is 0 Å². The molecular weight excluding hydrogens is 184 g/mol. The number of aromatic carboxylic acids is 1. The summed E-state index contributed by atoms with van der Waals surface area (Å²) in [6, 6.07) is 1.90. The van der Waals surface area contributed by atoms with Crippen molar-refractivity contribution < 1.29 is 9.90 Å². The van der Waals surface area contributed by atoms with Crippen molar-refractivity contribution in [3.05, 3.63) is 11.4 Å². The van der Waals surface area contributed by atoms with Gasteiger partial charge in [0.15, 0.2) is 5.69 Å². The third-order valence-corrected chi connectivity index (χ3v) is 1.75. The zero-order chi connectivity index (χ0) is 10.6. The summed E-state index contributed by atoms with van der Waals surface area (Å²) in [4.78, 5) is 10.7. The van der Waals surface area contributed by atoms with Gasteiger partial charge in [0.25, 0.3) is 0 Å². The summed E-state index contributed by atoms with van der Waals surface area (Å²) < 4.78 is 1.33. The van der Waals surface area contributed by atoms with Crippen molar-refractivity contribution in [3.8, 4) is 6.07 Å². The van der Waals surface area contributed by atoms with E-state index >= 15 is 0 Å². The normalized spacial score (nSPS) is 9.71. The fourth-order valence-electron chi connectivity index (χ4n) is 1.18. The minimum absolute atomic E-state index is 0.0373. The molecule has 14 heavy (non-hydrogen) atoms. The molecule has 0 bridgehead atoms. The topological polar surface area (TPSA) is 91.8 Å². The lowest BCUT2D eigenvalue weighted by molar-refractivity contribution is 0.0689. The maximum atomic E-state index is 10.7. The predicted molar refractivity (Wildman–Crippen MR) is 46.6 cm³/mol. The van der Waals surface area contributed by atoms with Gasteiger partial charge in [0.05, 0.1) is 11.8 Å². The Labute approximate surface area is 80.8 Å². The van der Waals surface area contributed by atoms with E-state index in [1.807, 2.05) is 13.0 Å². The number of hydrogen-bond acceptors (Lipinski definition) is 4. The van der Waals surface area contributed by atoms with Crippen molar-refractivity contribution in [1.29, 1.82) is 5.26 Å². The SMILES string of the molecule is CCCc1c(C(=O)O)nnn1CC#N. The van der Waals surface area contributed by atoms with E-state index in [0.717, 1.165) is 6.42 Å². The van der Waals surface area contributed by atoms with Gasteiger partial charge in [-0.1, -0.05) is 18.6 Å². The highest BCUT2D eigenvalue weighted by molar-refractivity contribution is 5.86. The summed E-state index contributed by atoms with van der Waals surface area (Å²) in [6.45, 7) is 1.96. The molecule has 0 aliphatic heterocycles. The third-order valence-electron chi connectivity index (χ3n) is 1.75. The van der Waals surface area contributed by atoms with Crippen LogP contribution in [0.3, 0.4) is 0 Å². The fourth-order valence-corrected chi connectivity index (χ4v) is 1.18. The Bertz CT molecular complexity index is 377. The fraction of sp³-hybridized carbons (Fsp3) is 0.500. The van der Waals surface area contributed by atoms with Gasteiger partial charge in [0.1, 0.15) is 6.54 Å². The molecule has 1 rings (SSSR count). The van der Waals surface area contributed by atoms with E-state index in [-0.39, 0.29) is 12.2 Å². The van der Waals surface area contributed by atoms with Crippen molar-refractivity contribution >= 4 is 5.97 Å². The Morgan fingerprint density at radius 3 is 2.93 bits per heavy atom. The van der Waals surface area contributed by atoms with Crippen molar-refractivity contribution in [2.45, 2.75) is 26.3 Å². The van der Waals surface area contributed by atoms with Gasteiger partial charge in [-0.05, 0) is 6.42 Å². The van der Waals surface area contributed by atoms with Gasteiger partial charge in [-0.15, -0.1) is 5.10 Å². The molecule has 0 aliphatic rings. The van der Waals surface area contributed by atoms with Gasteiger partial charge in [0, 0.05) is 0 Å². The summed E-state index contributed by atoms with van der Waals surface area (Å²) in [7, 11) is 0. The van der Waals surface area contributed by atoms with Crippen LogP contribution in [0.15, 0.2) is 0 Å². The lowest BCUT2D eigenvalue weighted by Crippen LogP contribution is -2.07. The second-order valence-corrected chi connectivity index (χ2v) is 2.76. The van der Waals surface area contributed by atoms with Crippen LogP contribution in [0, 0.1) is 11.3 Å². The minimum atomic E-state index is -1.10. The molecule has 0 saturated carbocycles. The quantitative estimate of drug-likeness (QED) is 0.751. The van der Waals surface area contributed by atoms with E-state index in [1.165, 1.54) is 4.68 Å². The van der Waals surface area contributed by atoms with Crippen LogP contribution in [0.2, 0.25) is 0 Å². The van der Waals surface area contributed by atoms with E-state index in [2.05, 4.69) is 10.3 Å².